The van der Waals surface area contributed by atoms with Crippen LogP contribution in [0.25, 0.3) is 0 Å². The molecule has 0 aromatic heterocycles. The maximum atomic E-state index is 12.4. The van der Waals surface area contributed by atoms with Crippen LogP contribution in [0.4, 0.5) is 0 Å². The summed E-state index contributed by atoms with van der Waals surface area (Å²) in [5.74, 6) is -0.0603. The second-order valence-electron chi connectivity index (χ2n) is 5.69. The zero-order valence-electron chi connectivity index (χ0n) is 13.8. The second kappa shape index (κ2) is 7.49. The lowest BCUT2D eigenvalue weighted by Gasteiger charge is -2.24. The van der Waals surface area contributed by atoms with Crippen LogP contribution in [-0.2, 0) is 9.53 Å². The van der Waals surface area contributed by atoms with Crippen molar-refractivity contribution in [2.45, 2.75) is 26.4 Å². The molecule has 0 unspecified atom stereocenters. The minimum atomic E-state index is -1.10. The van der Waals surface area contributed by atoms with Gasteiger partial charge in [-0.05, 0) is 69.3 Å². The molecule has 0 N–H and O–H groups in total. The van der Waals surface area contributed by atoms with Gasteiger partial charge in [0.2, 0.25) is 0 Å². The van der Waals surface area contributed by atoms with Gasteiger partial charge in [0.05, 0.1) is 6.61 Å². The maximum absolute atomic E-state index is 12.4. The minimum Gasteiger partial charge on any atom is -0.476 e. The van der Waals surface area contributed by atoms with Gasteiger partial charge in [-0.3, -0.25) is 4.79 Å². The van der Waals surface area contributed by atoms with E-state index >= 15 is 0 Å². The van der Waals surface area contributed by atoms with E-state index in [4.69, 9.17) is 21.1 Å². The van der Waals surface area contributed by atoms with Gasteiger partial charge in [-0.25, -0.2) is 4.79 Å². The van der Waals surface area contributed by atoms with Crippen molar-refractivity contribution in [3.8, 4) is 5.75 Å². The molecule has 0 atom stereocenters. The predicted molar refractivity (Wildman–Crippen MR) is 92.7 cm³/mol. The van der Waals surface area contributed by atoms with Crippen molar-refractivity contribution in [3.05, 3.63) is 64.7 Å². The maximum Gasteiger partial charge on any atom is 0.349 e. The molecule has 5 heteroatoms. The lowest BCUT2D eigenvalue weighted by molar-refractivity contribution is -0.158. The van der Waals surface area contributed by atoms with Crippen molar-refractivity contribution in [1.82, 2.24) is 0 Å². The Labute approximate surface area is 146 Å². The SMILES string of the molecule is CCOC(=O)C(C)(C)Oc1ccc(C(=O)c2ccc(Cl)cc2)cc1. The highest BCUT2D eigenvalue weighted by atomic mass is 35.5. The third kappa shape index (κ3) is 4.36. The van der Waals surface area contributed by atoms with Gasteiger partial charge in [-0.1, -0.05) is 11.6 Å². The van der Waals surface area contributed by atoms with Crippen LogP contribution in [0, 0.1) is 0 Å². The smallest absolute Gasteiger partial charge is 0.349 e. The zero-order valence-corrected chi connectivity index (χ0v) is 14.6. The number of carbonyl (C=O) groups excluding carboxylic acids is 2. The molecule has 0 bridgehead atoms. The van der Waals surface area contributed by atoms with Gasteiger partial charge in [-0.15, -0.1) is 0 Å². The fraction of sp³-hybridized carbons (Fsp3) is 0.263. The Balaban J connectivity index is 2.11. The van der Waals surface area contributed by atoms with E-state index in [1.165, 1.54) is 0 Å². The molecule has 0 amide bonds. The standard InChI is InChI=1S/C19H19ClO4/c1-4-23-18(22)19(2,3)24-16-11-7-14(8-12-16)17(21)13-5-9-15(20)10-6-13/h5-12H,4H2,1-3H3. The number of hydrogen-bond acceptors (Lipinski definition) is 4. The molecule has 0 radical (unpaired) electrons. The Morgan fingerprint density at radius 1 is 0.958 bits per heavy atom. The minimum absolute atomic E-state index is 0.108. The third-order valence-electron chi connectivity index (χ3n) is 3.36. The Bertz CT molecular complexity index is 718. The first-order valence-electron chi connectivity index (χ1n) is 7.60. The molecule has 126 valence electrons. The quantitative estimate of drug-likeness (QED) is 0.578. The predicted octanol–water partition coefficient (Wildman–Crippen LogP) is 4.29. The summed E-state index contributed by atoms with van der Waals surface area (Å²) >= 11 is 5.83. The molecule has 0 saturated carbocycles. The Morgan fingerprint density at radius 2 is 1.46 bits per heavy atom. The van der Waals surface area contributed by atoms with Gasteiger partial charge >= 0.3 is 5.97 Å². The molecule has 0 aliphatic carbocycles. The van der Waals surface area contributed by atoms with Crippen LogP contribution in [0.5, 0.6) is 5.75 Å². The van der Waals surface area contributed by atoms with E-state index in [1.807, 2.05) is 0 Å². The van der Waals surface area contributed by atoms with Gasteiger partial charge in [-0.2, -0.15) is 0 Å². The molecule has 0 aliphatic rings. The molecule has 2 rings (SSSR count). The summed E-state index contributed by atoms with van der Waals surface area (Å²) < 4.78 is 10.6. The number of esters is 1. The summed E-state index contributed by atoms with van der Waals surface area (Å²) in [5, 5.41) is 0.580. The van der Waals surface area contributed by atoms with Gasteiger partial charge in [0, 0.05) is 16.1 Å². The van der Waals surface area contributed by atoms with Crippen molar-refractivity contribution in [3.63, 3.8) is 0 Å². The first kappa shape index (κ1) is 18.0. The average molecular weight is 347 g/mol. The lowest BCUT2D eigenvalue weighted by atomic mass is 10.0. The fourth-order valence-electron chi connectivity index (χ4n) is 2.08. The summed E-state index contributed by atoms with van der Waals surface area (Å²) in [6.07, 6.45) is 0. The highest BCUT2D eigenvalue weighted by Gasteiger charge is 2.31. The van der Waals surface area contributed by atoms with Crippen LogP contribution < -0.4 is 4.74 Å². The van der Waals surface area contributed by atoms with Crippen LogP contribution in [-0.4, -0.2) is 24.0 Å². The molecule has 2 aromatic rings. The molecule has 0 heterocycles. The van der Waals surface area contributed by atoms with Crippen molar-refractivity contribution >= 4 is 23.4 Å². The molecule has 2 aromatic carbocycles. The van der Waals surface area contributed by atoms with E-state index in [9.17, 15) is 9.59 Å². The molecule has 24 heavy (non-hydrogen) atoms. The van der Waals surface area contributed by atoms with Crippen molar-refractivity contribution in [2.75, 3.05) is 6.61 Å². The largest absolute Gasteiger partial charge is 0.476 e. The van der Waals surface area contributed by atoms with Crippen LogP contribution in [0.15, 0.2) is 48.5 Å². The number of rotatable bonds is 6. The average Bonchev–Trinajstić information content (AvgIpc) is 2.55. The monoisotopic (exact) mass is 346 g/mol. The van der Waals surface area contributed by atoms with Gasteiger partial charge < -0.3 is 9.47 Å². The van der Waals surface area contributed by atoms with Crippen molar-refractivity contribution in [2.24, 2.45) is 0 Å². The molecule has 0 saturated heterocycles. The number of ether oxygens (including phenoxy) is 2. The normalized spacial score (nSPS) is 11.0. The number of ketones is 1. The summed E-state index contributed by atoms with van der Waals surface area (Å²) in [6.45, 7) is 5.31. The number of benzene rings is 2. The Hall–Kier alpha value is -2.33. The molecular formula is C19H19ClO4. The number of hydrogen-bond donors (Lipinski definition) is 0. The van der Waals surface area contributed by atoms with Gasteiger partial charge in [0.15, 0.2) is 11.4 Å². The zero-order chi connectivity index (χ0) is 17.7. The summed E-state index contributed by atoms with van der Waals surface area (Å²) in [4.78, 5) is 24.2. The first-order chi connectivity index (χ1) is 11.3. The van der Waals surface area contributed by atoms with Gasteiger partial charge in [0.1, 0.15) is 5.75 Å². The van der Waals surface area contributed by atoms with E-state index in [0.717, 1.165) is 0 Å². The van der Waals surface area contributed by atoms with Crippen LogP contribution in [0.2, 0.25) is 5.02 Å². The van der Waals surface area contributed by atoms with E-state index in [0.29, 0.717) is 28.5 Å². The second-order valence-corrected chi connectivity index (χ2v) is 6.13. The number of carbonyl (C=O) groups is 2. The van der Waals surface area contributed by atoms with E-state index in [1.54, 1.807) is 69.3 Å². The van der Waals surface area contributed by atoms with Crippen LogP contribution in [0.3, 0.4) is 0 Å². The number of halogens is 1. The fourth-order valence-corrected chi connectivity index (χ4v) is 2.21. The molecule has 0 aliphatic heterocycles. The van der Waals surface area contributed by atoms with Crippen molar-refractivity contribution in [1.29, 1.82) is 0 Å². The van der Waals surface area contributed by atoms with Crippen LogP contribution >= 0.6 is 11.6 Å². The highest BCUT2D eigenvalue weighted by Crippen LogP contribution is 2.21. The Kier molecular flexibility index (Phi) is 5.62. The Morgan fingerprint density at radius 3 is 1.96 bits per heavy atom. The molecule has 4 nitrogen and oxygen atoms in total. The van der Waals surface area contributed by atoms with E-state index in [2.05, 4.69) is 0 Å². The highest BCUT2D eigenvalue weighted by molar-refractivity contribution is 6.30. The topological polar surface area (TPSA) is 52.6 Å². The lowest BCUT2D eigenvalue weighted by Crippen LogP contribution is -2.39. The molecule has 0 spiro atoms. The molecular weight excluding hydrogens is 328 g/mol. The first-order valence-corrected chi connectivity index (χ1v) is 7.98. The molecule has 0 fully saturated rings. The summed E-state index contributed by atoms with van der Waals surface area (Å²) in [7, 11) is 0. The summed E-state index contributed by atoms with van der Waals surface area (Å²) in [5.41, 5.74) is -0.0175. The van der Waals surface area contributed by atoms with E-state index < -0.39 is 11.6 Å². The summed E-state index contributed by atoms with van der Waals surface area (Å²) in [6, 6.07) is 13.3. The van der Waals surface area contributed by atoms with Crippen molar-refractivity contribution < 1.29 is 19.1 Å². The van der Waals surface area contributed by atoms with Crippen LogP contribution in [0.1, 0.15) is 36.7 Å². The van der Waals surface area contributed by atoms with E-state index in [-0.39, 0.29) is 5.78 Å². The third-order valence-corrected chi connectivity index (χ3v) is 3.61. The van der Waals surface area contributed by atoms with Gasteiger partial charge in [0.25, 0.3) is 0 Å².